The van der Waals surface area contributed by atoms with E-state index in [0.717, 1.165) is 19.3 Å². The molecule has 22 heavy (non-hydrogen) atoms. The maximum Gasteiger partial charge on any atom is 0.316 e. The second-order valence-electron chi connectivity index (χ2n) is 5.70. The van der Waals surface area contributed by atoms with Gasteiger partial charge in [0.25, 0.3) is 0 Å². The van der Waals surface area contributed by atoms with Crippen LogP contribution in [-0.2, 0) is 9.09 Å². The second kappa shape index (κ2) is 18.7. The zero-order chi connectivity index (χ0) is 16.3. The smallest absolute Gasteiger partial charge is 0.316 e. The van der Waals surface area contributed by atoms with Crippen molar-refractivity contribution >= 4 is 8.25 Å². The van der Waals surface area contributed by atoms with Crippen molar-refractivity contribution in [1.29, 1.82) is 0 Å². The second-order valence-corrected chi connectivity index (χ2v) is 6.52. The third kappa shape index (κ3) is 19.6. The highest BCUT2D eigenvalue weighted by Crippen LogP contribution is 2.16. The van der Waals surface area contributed by atoms with E-state index in [4.69, 9.17) is 4.89 Å². The molecular weight excluding hydrogens is 295 g/mol. The summed E-state index contributed by atoms with van der Waals surface area (Å²) >= 11 is 0. The molecule has 0 aliphatic heterocycles. The van der Waals surface area contributed by atoms with Crippen LogP contribution in [0, 0.1) is 0 Å². The maximum absolute atomic E-state index is 10.3. The van der Waals surface area contributed by atoms with E-state index in [1.165, 1.54) is 57.8 Å². The van der Waals surface area contributed by atoms with Crippen molar-refractivity contribution in [3.63, 3.8) is 0 Å². The van der Waals surface area contributed by atoms with E-state index in [-0.39, 0.29) is 0 Å². The highest BCUT2D eigenvalue weighted by atomic mass is 31.1. The Labute approximate surface area is 137 Å². The lowest BCUT2D eigenvalue weighted by atomic mass is 10.1. The van der Waals surface area contributed by atoms with Gasteiger partial charge in [0.05, 0.1) is 6.61 Å². The predicted octanol–water partition coefficient (Wildman–Crippen LogP) is 6.20. The van der Waals surface area contributed by atoms with Crippen molar-refractivity contribution in [3.8, 4) is 0 Å². The van der Waals surface area contributed by atoms with Crippen LogP contribution in [0.25, 0.3) is 0 Å². The lowest BCUT2D eigenvalue weighted by Gasteiger charge is -2.01. The van der Waals surface area contributed by atoms with Gasteiger partial charge < -0.3 is 9.42 Å². The fourth-order valence-electron chi connectivity index (χ4n) is 2.24. The van der Waals surface area contributed by atoms with Crippen LogP contribution in [0.15, 0.2) is 24.3 Å². The number of rotatable bonds is 16. The molecule has 0 aliphatic rings. The molecule has 0 aromatic heterocycles. The fourth-order valence-corrected chi connectivity index (χ4v) is 2.56. The molecule has 0 aromatic carbocycles. The van der Waals surface area contributed by atoms with Crippen LogP contribution in [0.2, 0.25) is 0 Å². The van der Waals surface area contributed by atoms with E-state index in [1.807, 2.05) is 0 Å². The van der Waals surface area contributed by atoms with Gasteiger partial charge in [-0.15, -0.1) is 0 Å². The van der Waals surface area contributed by atoms with Crippen LogP contribution < -0.4 is 0 Å². The first-order valence-electron chi connectivity index (χ1n) is 8.93. The van der Waals surface area contributed by atoms with Gasteiger partial charge in [0.2, 0.25) is 0 Å². The first-order valence-corrected chi connectivity index (χ1v) is 10.2. The SMILES string of the molecule is CCCC/C=C\C/C=C\CCCCCCCCCO[PH](=O)O. The quantitative estimate of drug-likeness (QED) is 0.208. The summed E-state index contributed by atoms with van der Waals surface area (Å²) in [6, 6.07) is 0. The Morgan fingerprint density at radius 3 is 1.95 bits per heavy atom. The van der Waals surface area contributed by atoms with Crippen molar-refractivity contribution in [1.82, 2.24) is 0 Å². The Morgan fingerprint density at radius 2 is 1.36 bits per heavy atom. The van der Waals surface area contributed by atoms with Gasteiger partial charge >= 0.3 is 8.25 Å². The molecule has 0 heterocycles. The topological polar surface area (TPSA) is 46.5 Å². The molecule has 0 bridgehead atoms. The predicted molar refractivity (Wildman–Crippen MR) is 96.5 cm³/mol. The van der Waals surface area contributed by atoms with Crippen LogP contribution in [0.1, 0.15) is 84.0 Å². The Hall–Kier alpha value is -0.370. The van der Waals surface area contributed by atoms with Crippen molar-refractivity contribution in [2.45, 2.75) is 84.0 Å². The van der Waals surface area contributed by atoms with Gasteiger partial charge in [0.1, 0.15) is 0 Å². The molecule has 0 saturated heterocycles. The van der Waals surface area contributed by atoms with E-state index in [0.29, 0.717) is 6.61 Å². The van der Waals surface area contributed by atoms with Crippen LogP contribution in [0.3, 0.4) is 0 Å². The Morgan fingerprint density at radius 1 is 0.818 bits per heavy atom. The third-order valence-corrected chi connectivity index (χ3v) is 4.02. The van der Waals surface area contributed by atoms with Crippen LogP contribution in [-0.4, -0.2) is 11.5 Å². The molecule has 1 N–H and O–H groups in total. The lowest BCUT2D eigenvalue weighted by Crippen LogP contribution is -1.87. The number of hydrogen-bond donors (Lipinski definition) is 1. The molecule has 0 radical (unpaired) electrons. The number of unbranched alkanes of at least 4 members (excludes halogenated alkanes) is 9. The first kappa shape index (κ1) is 21.6. The summed E-state index contributed by atoms with van der Waals surface area (Å²) in [4.78, 5) is 8.49. The molecule has 0 fully saturated rings. The minimum absolute atomic E-state index is 0.423. The van der Waals surface area contributed by atoms with Crippen molar-refractivity contribution in [2.75, 3.05) is 6.61 Å². The van der Waals surface area contributed by atoms with E-state index in [9.17, 15) is 4.57 Å². The summed E-state index contributed by atoms with van der Waals surface area (Å²) in [6.07, 6.45) is 23.5. The first-order chi connectivity index (χ1) is 10.8. The molecule has 1 atom stereocenters. The third-order valence-electron chi connectivity index (χ3n) is 3.57. The van der Waals surface area contributed by atoms with E-state index < -0.39 is 8.25 Å². The summed E-state index contributed by atoms with van der Waals surface area (Å²) < 4.78 is 15.0. The normalized spacial score (nSPS) is 13.4. The Bertz CT molecular complexity index is 301. The van der Waals surface area contributed by atoms with Crippen LogP contribution in [0.5, 0.6) is 0 Å². The zero-order valence-corrected chi connectivity index (χ0v) is 15.3. The molecule has 0 rings (SSSR count). The fraction of sp³-hybridized carbons (Fsp3) is 0.778. The minimum Gasteiger partial charge on any atom is -0.326 e. The van der Waals surface area contributed by atoms with Crippen molar-refractivity contribution < 1.29 is 14.0 Å². The summed E-state index contributed by atoms with van der Waals surface area (Å²) in [7, 11) is -2.72. The van der Waals surface area contributed by atoms with Gasteiger partial charge in [-0.1, -0.05) is 76.2 Å². The largest absolute Gasteiger partial charge is 0.326 e. The highest BCUT2D eigenvalue weighted by Gasteiger charge is 1.94. The van der Waals surface area contributed by atoms with Crippen LogP contribution >= 0.6 is 8.25 Å². The summed E-state index contributed by atoms with van der Waals surface area (Å²) in [5.41, 5.74) is 0. The highest BCUT2D eigenvalue weighted by molar-refractivity contribution is 7.32. The minimum atomic E-state index is -2.72. The van der Waals surface area contributed by atoms with Gasteiger partial charge in [0, 0.05) is 0 Å². The lowest BCUT2D eigenvalue weighted by molar-refractivity contribution is 0.273. The molecule has 130 valence electrons. The van der Waals surface area contributed by atoms with Gasteiger partial charge in [-0.05, 0) is 32.1 Å². The van der Waals surface area contributed by atoms with Crippen LogP contribution in [0.4, 0.5) is 0 Å². The van der Waals surface area contributed by atoms with E-state index in [1.54, 1.807) is 0 Å². The standard InChI is InChI=1S/C18H35O3P/c1-2-3-4-5-6-7-8-9-10-11-12-13-14-15-16-17-18-21-22(19)20/h5-6,8-9,22H,2-4,7,10-18H2,1H3,(H,19,20)/b6-5-,9-8-. The van der Waals surface area contributed by atoms with E-state index in [2.05, 4.69) is 35.8 Å². The molecule has 3 nitrogen and oxygen atoms in total. The average molecular weight is 330 g/mol. The summed E-state index contributed by atoms with van der Waals surface area (Å²) in [6.45, 7) is 2.65. The molecule has 4 heteroatoms. The summed E-state index contributed by atoms with van der Waals surface area (Å²) in [5, 5.41) is 0. The van der Waals surface area contributed by atoms with Gasteiger partial charge in [-0.25, -0.2) is 0 Å². The van der Waals surface area contributed by atoms with E-state index >= 15 is 0 Å². The van der Waals surface area contributed by atoms with Gasteiger partial charge in [-0.3, -0.25) is 4.57 Å². The molecule has 0 spiro atoms. The number of allylic oxidation sites excluding steroid dienone is 4. The average Bonchev–Trinajstić information content (AvgIpc) is 2.50. The van der Waals surface area contributed by atoms with Gasteiger partial charge in [-0.2, -0.15) is 0 Å². The molecule has 1 unspecified atom stereocenters. The molecule has 0 amide bonds. The summed E-state index contributed by atoms with van der Waals surface area (Å²) in [5.74, 6) is 0. The molecule has 0 aromatic rings. The monoisotopic (exact) mass is 330 g/mol. The van der Waals surface area contributed by atoms with Gasteiger partial charge in [0.15, 0.2) is 0 Å². The number of hydrogen-bond acceptors (Lipinski definition) is 2. The molecule has 0 saturated carbocycles. The Balaban J connectivity index is 3.13. The molecular formula is C18H35O3P. The van der Waals surface area contributed by atoms with Crippen molar-refractivity contribution in [2.24, 2.45) is 0 Å². The zero-order valence-electron chi connectivity index (χ0n) is 14.3. The Kier molecular flexibility index (Phi) is 18.4. The maximum atomic E-state index is 10.3. The van der Waals surface area contributed by atoms with Crippen molar-refractivity contribution in [3.05, 3.63) is 24.3 Å². The molecule has 0 aliphatic carbocycles.